The molecular weight excluding hydrogens is 727 g/mol. The predicted octanol–water partition coefficient (Wildman–Crippen LogP) is 12.5. The molecule has 3 heterocycles. The predicted molar refractivity (Wildman–Crippen MR) is 258 cm³/mol. The summed E-state index contributed by atoms with van der Waals surface area (Å²) in [6.07, 6.45) is 2.23. The minimum atomic E-state index is 0.795. The van der Waals surface area contributed by atoms with Crippen molar-refractivity contribution in [3.63, 3.8) is 0 Å². The zero-order valence-corrected chi connectivity index (χ0v) is 34.1. The van der Waals surface area contributed by atoms with Crippen molar-refractivity contribution in [3.8, 4) is 16.8 Å². The lowest BCUT2D eigenvalue weighted by Crippen LogP contribution is -2.38. The summed E-state index contributed by atoms with van der Waals surface area (Å²) in [7, 11) is 2.98. The third-order valence-corrected chi connectivity index (χ3v) is 12.4. The van der Waals surface area contributed by atoms with E-state index in [4.69, 9.17) is 0 Å². The molecule has 8 aromatic carbocycles. The maximum Gasteiger partial charge on any atom is 0.198 e. The number of allylic oxidation sites excluding steroid dienone is 2. The molecule has 1 aromatic heterocycles. The van der Waals surface area contributed by atoms with Crippen molar-refractivity contribution in [2.75, 3.05) is 22.2 Å². The van der Waals surface area contributed by atoms with Gasteiger partial charge in [-0.05, 0) is 108 Å². The highest BCUT2D eigenvalue weighted by Gasteiger charge is 2.31. The van der Waals surface area contributed by atoms with Gasteiger partial charge in [-0.15, -0.1) is 0 Å². The second-order valence-electron chi connectivity index (χ2n) is 16.2. The number of fused-ring (bicyclic) bond motifs is 6. The van der Waals surface area contributed by atoms with Crippen LogP contribution in [0.4, 0.5) is 34.1 Å². The van der Waals surface area contributed by atoms with Gasteiger partial charge in [0, 0.05) is 74.3 Å². The van der Waals surface area contributed by atoms with E-state index in [2.05, 4.69) is 229 Å². The van der Waals surface area contributed by atoms with Gasteiger partial charge in [0.25, 0.3) is 0 Å². The molecule has 2 aliphatic rings. The van der Waals surface area contributed by atoms with Crippen molar-refractivity contribution >= 4 is 85.4 Å². The minimum absolute atomic E-state index is 0.795. The molecule has 0 saturated heterocycles. The number of aromatic nitrogens is 1. The molecule has 0 spiro atoms. The van der Waals surface area contributed by atoms with Crippen molar-refractivity contribution in [3.05, 3.63) is 211 Å². The van der Waals surface area contributed by atoms with Crippen LogP contribution in [-0.2, 0) is 0 Å². The molecule has 4 nitrogen and oxygen atoms in total. The second kappa shape index (κ2) is 14.1. The molecule has 0 aliphatic carbocycles. The van der Waals surface area contributed by atoms with Gasteiger partial charge in [-0.25, -0.2) is 0 Å². The number of aryl methyl sites for hydroxylation is 2. The van der Waals surface area contributed by atoms with Gasteiger partial charge in [-0.1, -0.05) is 133 Å². The van der Waals surface area contributed by atoms with E-state index in [1.165, 1.54) is 71.9 Å². The molecule has 0 fully saturated rings. The van der Waals surface area contributed by atoms with Crippen molar-refractivity contribution in [1.29, 1.82) is 0 Å². The Morgan fingerprint density at radius 3 is 1.98 bits per heavy atom. The van der Waals surface area contributed by atoms with Crippen LogP contribution < -0.4 is 26.0 Å². The maximum atomic E-state index is 4.62. The van der Waals surface area contributed by atoms with Gasteiger partial charge in [0.1, 0.15) is 0 Å². The third-order valence-electron chi connectivity index (χ3n) is 12.4. The smallest absolute Gasteiger partial charge is 0.198 e. The Kier molecular flexibility index (Phi) is 8.38. The maximum absolute atomic E-state index is 4.62. The highest BCUT2D eigenvalue weighted by Crippen LogP contribution is 2.45. The van der Waals surface area contributed by atoms with E-state index >= 15 is 0 Å². The molecular formula is C55H43BN4. The minimum Gasteiger partial charge on any atom is -0.355 e. The van der Waals surface area contributed by atoms with Crippen molar-refractivity contribution < 1.29 is 0 Å². The van der Waals surface area contributed by atoms with E-state index in [9.17, 15) is 0 Å². The van der Waals surface area contributed by atoms with Crippen LogP contribution in [-0.4, -0.2) is 18.9 Å². The summed E-state index contributed by atoms with van der Waals surface area (Å²) < 4.78 is 2.54. The summed E-state index contributed by atoms with van der Waals surface area (Å²) in [5.41, 5.74) is 22.4. The molecule has 0 amide bonds. The molecule has 0 saturated carbocycles. The van der Waals surface area contributed by atoms with E-state index in [0.29, 0.717) is 0 Å². The quantitative estimate of drug-likeness (QED) is 0.163. The monoisotopic (exact) mass is 770 g/mol. The number of nitrogens with one attached hydrogen (secondary N) is 1. The molecule has 0 radical (unpaired) electrons. The molecule has 5 heteroatoms. The third kappa shape index (κ3) is 5.77. The number of para-hydroxylation sites is 3. The zero-order valence-electron chi connectivity index (χ0n) is 34.1. The van der Waals surface area contributed by atoms with Crippen LogP contribution in [0, 0.1) is 13.8 Å². The SMILES string of the molecule is C=C1C=C(c2ccccc2)N(C)c2cc3c(cc21)Bc1c(-c2ccc(N(c4ccccc4)c4ccccc4)cc2Nc2ccc(C)cc2)cc(C)c2c4ccccc4n-3c12. The molecule has 60 heavy (non-hydrogen) atoms. The lowest BCUT2D eigenvalue weighted by atomic mass is 9.58. The lowest BCUT2D eigenvalue weighted by Gasteiger charge is -2.33. The molecule has 286 valence electrons. The Hall–Kier alpha value is -7.50. The number of benzene rings is 8. The van der Waals surface area contributed by atoms with Gasteiger partial charge < -0.3 is 19.7 Å². The molecule has 0 atom stereocenters. The van der Waals surface area contributed by atoms with E-state index in [1.54, 1.807) is 0 Å². The highest BCUT2D eigenvalue weighted by atomic mass is 15.1. The normalized spacial score (nSPS) is 12.8. The number of hydrogen-bond donors (Lipinski definition) is 1. The van der Waals surface area contributed by atoms with E-state index < -0.39 is 0 Å². The first kappa shape index (κ1) is 35.7. The molecule has 9 aromatic rings. The van der Waals surface area contributed by atoms with E-state index in [-0.39, 0.29) is 0 Å². The first-order chi connectivity index (χ1) is 29.4. The van der Waals surface area contributed by atoms with Gasteiger partial charge in [0.05, 0.1) is 11.2 Å². The van der Waals surface area contributed by atoms with Gasteiger partial charge >= 0.3 is 0 Å². The number of rotatable bonds is 7. The van der Waals surface area contributed by atoms with Crippen LogP contribution in [0.25, 0.3) is 49.9 Å². The topological polar surface area (TPSA) is 23.4 Å². The van der Waals surface area contributed by atoms with Crippen LogP contribution in [0.2, 0.25) is 0 Å². The average molecular weight is 771 g/mol. The zero-order chi connectivity index (χ0) is 40.5. The Morgan fingerprint density at radius 1 is 0.600 bits per heavy atom. The highest BCUT2D eigenvalue weighted by molar-refractivity contribution is 6.73. The van der Waals surface area contributed by atoms with Crippen molar-refractivity contribution in [1.82, 2.24) is 4.57 Å². The fourth-order valence-corrected chi connectivity index (χ4v) is 9.55. The Bertz CT molecular complexity index is 3140. The first-order valence-electron chi connectivity index (χ1n) is 20.7. The number of nitrogens with zero attached hydrogens (tertiary/aromatic N) is 3. The summed E-state index contributed by atoms with van der Waals surface area (Å²) in [5.74, 6) is 0. The molecule has 2 aliphatic heterocycles. The second-order valence-corrected chi connectivity index (χ2v) is 16.2. The summed E-state index contributed by atoms with van der Waals surface area (Å²) in [5, 5.41) is 6.50. The average Bonchev–Trinajstić information content (AvgIpc) is 3.64. The van der Waals surface area contributed by atoms with E-state index in [0.717, 1.165) is 52.6 Å². The first-order valence-corrected chi connectivity index (χ1v) is 20.7. The molecule has 0 unspecified atom stereocenters. The molecule has 0 bridgehead atoms. The van der Waals surface area contributed by atoms with Gasteiger partial charge in [-0.2, -0.15) is 0 Å². The van der Waals surface area contributed by atoms with Crippen LogP contribution in [0.5, 0.6) is 0 Å². The standard InChI is InChI=1S/C55H43BN4/c1-35-24-26-39(27-25-35)57-48-32-42(59(40-18-10-6-11-19-40)41-20-12-7-13-21-41)28-29-43(48)46-30-37(3)53-44-22-14-15-23-49(44)60-52-34-51-45(33-47(52)56-54(46)55(53)60)36(2)31-50(58(51)4)38-16-8-5-9-17-38/h5-34,56-57H,2H2,1,3-4H3. The van der Waals surface area contributed by atoms with Crippen LogP contribution in [0.3, 0.4) is 0 Å². The summed E-state index contributed by atoms with van der Waals surface area (Å²) in [6, 6.07) is 63.7. The van der Waals surface area contributed by atoms with Crippen LogP contribution >= 0.6 is 0 Å². The lowest BCUT2D eigenvalue weighted by molar-refractivity contribution is 1.15. The Balaban J connectivity index is 1.14. The summed E-state index contributed by atoms with van der Waals surface area (Å²) >= 11 is 0. The number of anilines is 6. The van der Waals surface area contributed by atoms with Crippen molar-refractivity contribution in [2.24, 2.45) is 0 Å². The van der Waals surface area contributed by atoms with Gasteiger partial charge in [0.2, 0.25) is 0 Å². The number of hydrogen-bond acceptors (Lipinski definition) is 3. The Labute approximate surface area is 352 Å². The van der Waals surface area contributed by atoms with E-state index in [1.807, 2.05) is 0 Å². The summed E-state index contributed by atoms with van der Waals surface area (Å²) in [4.78, 5) is 4.67. The fraction of sp³-hybridized carbons (Fsp3) is 0.0545. The van der Waals surface area contributed by atoms with Crippen molar-refractivity contribution in [2.45, 2.75) is 13.8 Å². The van der Waals surface area contributed by atoms with Crippen LogP contribution in [0.1, 0.15) is 22.3 Å². The van der Waals surface area contributed by atoms with Gasteiger partial charge in [0.15, 0.2) is 7.28 Å². The van der Waals surface area contributed by atoms with Gasteiger partial charge in [-0.3, -0.25) is 0 Å². The largest absolute Gasteiger partial charge is 0.355 e. The summed E-state index contributed by atoms with van der Waals surface area (Å²) in [6.45, 7) is 9.03. The molecule has 11 rings (SSSR count). The fourth-order valence-electron chi connectivity index (χ4n) is 9.55. The molecule has 1 N–H and O–H groups in total. The van der Waals surface area contributed by atoms with Crippen LogP contribution in [0.15, 0.2) is 189 Å². The Morgan fingerprint density at radius 2 is 1.27 bits per heavy atom.